The summed E-state index contributed by atoms with van der Waals surface area (Å²) < 4.78 is 0. The third kappa shape index (κ3) is 2.74. The molecule has 0 aromatic carbocycles. The van der Waals surface area contributed by atoms with E-state index in [0.717, 1.165) is 38.5 Å². The third-order valence-electron chi connectivity index (χ3n) is 3.70. The second-order valence-electron chi connectivity index (χ2n) is 5.29. The molecule has 0 saturated heterocycles. The summed E-state index contributed by atoms with van der Waals surface area (Å²) in [5, 5.41) is 15.7. The lowest BCUT2D eigenvalue weighted by Crippen LogP contribution is -2.55. The Labute approximate surface area is 96.8 Å². The van der Waals surface area contributed by atoms with E-state index in [0.29, 0.717) is 6.04 Å². The van der Waals surface area contributed by atoms with Gasteiger partial charge >= 0.3 is 0 Å². The second-order valence-corrected chi connectivity index (χ2v) is 5.29. The average Bonchev–Trinajstić information content (AvgIpc) is 2.96. The standard InChI is InChI=1S/C12H22N2O2/c1-9(11(16)13-10-4-5-10)14-12(8-15)6-2-3-7-12/h9-10,14-15H,2-8H2,1H3,(H,13,16). The maximum atomic E-state index is 11.8. The van der Waals surface area contributed by atoms with Crippen molar-refractivity contribution >= 4 is 5.91 Å². The van der Waals surface area contributed by atoms with Crippen LogP contribution in [0.5, 0.6) is 0 Å². The van der Waals surface area contributed by atoms with Gasteiger partial charge in [-0.05, 0) is 32.6 Å². The summed E-state index contributed by atoms with van der Waals surface area (Å²) >= 11 is 0. The van der Waals surface area contributed by atoms with Crippen LogP contribution in [0.3, 0.4) is 0 Å². The highest BCUT2D eigenvalue weighted by atomic mass is 16.3. The number of nitrogens with one attached hydrogen (secondary N) is 2. The molecule has 0 aromatic heterocycles. The van der Waals surface area contributed by atoms with Crippen molar-refractivity contribution in [2.24, 2.45) is 0 Å². The SMILES string of the molecule is CC(NC1(CO)CCCC1)C(=O)NC1CC1. The molecule has 0 aromatic rings. The molecule has 3 N–H and O–H groups in total. The number of rotatable bonds is 5. The van der Waals surface area contributed by atoms with E-state index in [-0.39, 0.29) is 24.1 Å². The van der Waals surface area contributed by atoms with Crippen molar-refractivity contribution < 1.29 is 9.90 Å². The van der Waals surface area contributed by atoms with Gasteiger partial charge in [0, 0.05) is 11.6 Å². The first-order valence-electron chi connectivity index (χ1n) is 6.34. The van der Waals surface area contributed by atoms with Crippen molar-refractivity contribution in [1.29, 1.82) is 0 Å². The summed E-state index contributed by atoms with van der Waals surface area (Å²) in [5.74, 6) is 0.0715. The van der Waals surface area contributed by atoms with E-state index >= 15 is 0 Å². The predicted octanol–water partition coefficient (Wildman–Crippen LogP) is 0.548. The Balaban J connectivity index is 1.83. The van der Waals surface area contributed by atoms with E-state index < -0.39 is 0 Å². The highest BCUT2D eigenvalue weighted by Crippen LogP contribution is 2.29. The largest absolute Gasteiger partial charge is 0.394 e. The van der Waals surface area contributed by atoms with Crippen molar-refractivity contribution in [2.75, 3.05) is 6.61 Å². The summed E-state index contributed by atoms with van der Waals surface area (Å²) in [5.41, 5.74) is -0.208. The summed E-state index contributed by atoms with van der Waals surface area (Å²) in [6.45, 7) is 2.02. The molecule has 1 unspecified atom stereocenters. The van der Waals surface area contributed by atoms with Gasteiger partial charge < -0.3 is 10.4 Å². The van der Waals surface area contributed by atoms with Crippen LogP contribution in [0.15, 0.2) is 0 Å². The molecule has 0 spiro atoms. The van der Waals surface area contributed by atoms with Crippen molar-refractivity contribution in [3.8, 4) is 0 Å². The van der Waals surface area contributed by atoms with Gasteiger partial charge in [0.2, 0.25) is 5.91 Å². The zero-order chi connectivity index (χ0) is 11.6. The van der Waals surface area contributed by atoms with Gasteiger partial charge in [-0.1, -0.05) is 12.8 Å². The van der Waals surface area contributed by atoms with Gasteiger partial charge in [0.25, 0.3) is 0 Å². The van der Waals surface area contributed by atoms with Gasteiger partial charge in [-0.2, -0.15) is 0 Å². The summed E-state index contributed by atoms with van der Waals surface area (Å²) in [4.78, 5) is 11.8. The zero-order valence-electron chi connectivity index (χ0n) is 9.96. The number of carbonyl (C=O) groups excluding carboxylic acids is 1. The Morgan fingerprint density at radius 2 is 2.06 bits per heavy atom. The van der Waals surface area contributed by atoms with Crippen LogP contribution >= 0.6 is 0 Å². The molecule has 16 heavy (non-hydrogen) atoms. The number of aliphatic hydroxyl groups is 1. The van der Waals surface area contributed by atoms with Crippen LogP contribution in [0, 0.1) is 0 Å². The smallest absolute Gasteiger partial charge is 0.237 e. The maximum Gasteiger partial charge on any atom is 0.237 e. The topological polar surface area (TPSA) is 61.4 Å². The van der Waals surface area contributed by atoms with Gasteiger partial charge in [0.05, 0.1) is 12.6 Å². The zero-order valence-corrected chi connectivity index (χ0v) is 9.96. The monoisotopic (exact) mass is 226 g/mol. The Morgan fingerprint density at radius 1 is 1.44 bits per heavy atom. The molecule has 0 heterocycles. The lowest BCUT2D eigenvalue weighted by atomic mass is 9.97. The van der Waals surface area contributed by atoms with Gasteiger partial charge in [-0.3, -0.25) is 10.1 Å². The first-order valence-corrected chi connectivity index (χ1v) is 6.34. The number of amides is 1. The molecule has 92 valence electrons. The van der Waals surface area contributed by atoms with Crippen LogP contribution in [0.1, 0.15) is 45.4 Å². The minimum absolute atomic E-state index is 0.0715. The van der Waals surface area contributed by atoms with E-state index in [1.54, 1.807) is 0 Å². The summed E-state index contributed by atoms with van der Waals surface area (Å²) in [6, 6.07) is 0.205. The third-order valence-corrected chi connectivity index (χ3v) is 3.70. The van der Waals surface area contributed by atoms with Crippen molar-refractivity contribution in [3.63, 3.8) is 0 Å². The summed E-state index contributed by atoms with van der Waals surface area (Å²) in [7, 11) is 0. The van der Waals surface area contributed by atoms with Crippen LogP contribution in [-0.2, 0) is 4.79 Å². The van der Waals surface area contributed by atoms with Gasteiger partial charge in [-0.15, -0.1) is 0 Å². The van der Waals surface area contributed by atoms with E-state index in [2.05, 4.69) is 10.6 Å². The molecule has 0 radical (unpaired) electrons. The fourth-order valence-electron chi connectivity index (χ4n) is 2.48. The number of hydrogen-bond donors (Lipinski definition) is 3. The molecule has 1 atom stereocenters. The summed E-state index contributed by atoms with van der Waals surface area (Å²) in [6.07, 6.45) is 6.47. The highest BCUT2D eigenvalue weighted by Gasteiger charge is 2.36. The Hall–Kier alpha value is -0.610. The van der Waals surface area contributed by atoms with E-state index in [9.17, 15) is 9.90 Å². The molecule has 2 rings (SSSR count). The molecular formula is C12H22N2O2. The normalized spacial score (nSPS) is 25.4. The maximum absolute atomic E-state index is 11.8. The molecule has 2 aliphatic rings. The molecule has 2 fully saturated rings. The molecule has 0 aliphatic heterocycles. The van der Waals surface area contributed by atoms with Gasteiger partial charge in [-0.25, -0.2) is 0 Å². The lowest BCUT2D eigenvalue weighted by Gasteiger charge is -2.31. The van der Waals surface area contributed by atoms with Crippen LogP contribution in [0.2, 0.25) is 0 Å². The fraction of sp³-hybridized carbons (Fsp3) is 0.917. The van der Waals surface area contributed by atoms with Crippen molar-refractivity contribution in [3.05, 3.63) is 0 Å². The van der Waals surface area contributed by atoms with E-state index in [1.165, 1.54) is 0 Å². The number of hydrogen-bond acceptors (Lipinski definition) is 3. The number of aliphatic hydroxyl groups excluding tert-OH is 1. The van der Waals surface area contributed by atoms with Crippen LogP contribution in [0.4, 0.5) is 0 Å². The van der Waals surface area contributed by atoms with Crippen molar-refractivity contribution in [2.45, 2.75) is 63.1 Å². The molecule has 4 heteroatoms. The first kappa shape index (κ1) is 11.9. The Bertz CT molecular complexity index is 258. The highest BCUT2D eigenvalue weighted by molar-refractivity contribution is 5.82. The van der Waals surface area contributed by atoms with Crippen LogP contribution < -0.4 is 10.6 Å². The van der Waals surface area contributed by atoms with Crippen LogP contribution in [0.25, 0.3) is 0 Å². The molecule has 0 bridgehead atoms. The molecule has 2 saturated carbocycles. The Kier molecular flexibility index (Phi) is 3.50. The average molecular weight is 226 g/mol. The minimum Gasteiger partial charge on any atom is -0.394 e. The van der Waals surface area contributed by atoms with Gasteiger partial charge in [0.1, 0.15) is 0 Å². The number of carbonyl (C=O) groups is 1. The first-order chi connectivity index (χ1) is 7.65. The van der Waals surface area contributed by atoms with Gasteiger partial charge in [0.15, 0.2) is 0 Å². The second kappa shape index (κ2) is 4.72. The van der Waals surface area contributed by atoms with E-state index in [1.807, 2.05) is 6.92 Å². The lowest BCUT2D eigenvalue weighted by molar-refractivity contribution is -0.123. The van der Waals surface area contributed by atoms with Crippen LogP contribution in [-0.4, -0.2) is 35.2 Å². The quantitative estimate of drug-likeness (QED) is 0.641. The molecule has 1 amide bonds. The Morgan fingerprint density at radius 3 is 2.56 bits per heavy atom. The van der Waals surface area contributed by atoms with Crippen molar-refractivity contribution in [1.82, 2.24) is 10.6 Å². The molecule has 2 aliphatic carbocycles. The minimum atomic E-state index is -0.208. The van der Waals surface area contributed by atoms with E-state index in [4.69, 9.17) is 0 Å². The predicted molar refractivity (Wildman–Crippen MR) is 62.0 cm³/mol. The fourth-order valence-corrected chi connectivity index (χ4v) is 2.48. The molecule has 4 nitrogen and oxygen atoms in total. The molecular weight excluding hydrogens is 204 g/mol.